The molecular weight excluding hydrogens is 450 g/mol. The Hall–Kier alpha value is -2.41. The van der Waals surface area contributed by atoms with Crippen LogP contribution in [-0.4, -0.2) is 46.5 Å². The summed E-state index contributed by atoms with van der Waals surface area (Å²) in [6, 6.07) is 17.2. The lowest BCUT2D eigenvalue weighted by Crippen LogP contribution is -2.59. The van der Waals surface area contributed by atoms with E-state index in [0.717, 1.165) is 24.0 Å². The fourth-order valence-corrected chi connectivity index (χ4v) is 5.36. The van der Waals surface area contributed by atoms with Gasteiger partial charge in [0.2, 0.25) is 11.8 Å². The van der Waals surface area contributed by atoms with Crippen LogP contribution in [0.5, 0.6) is 0 Å². The molecule has 2 amide bonds. The average molecular weight is 486 g/mol. The van der Waals surface area contributed by atoms with Gasteiger partial charge < -0.3 is 21.1 Å². The van der Waals surface area contributed by atoms with E-state index in [1.165, 1.54) is 5.56 Å². The first kappa shape index (κ1) is 26.2. The molecular formula is C27H36ClN3O3. The van der Waals surface area contributed by atoms with Gasteiger partial charge in [0, 0.05) is 24.4 Å². The minimum Gasteiger partial charge on any atom is -0.388 e. The summed E-state index contributed by atoms with van der Waals surface area (Å²) in [5.74, 6) is -0.620. The Labute approximate surface area is 208 Å². The van der Waals surface area contributed by atoms with Crippen molar-refractivity contribution in [3.63, 3.8) is 0 Å². The highest BCUT2D eigenvalue weighted by Gasteiger charge is 2.46. The summed E-state index contributed by atoms with van der Waals surface area (Å²) in [4.78, 5) is 28.3. The molecule has 34 heavy (non-hydrogen) atoms. The fourth-order valence-electron chi connectivity index (χ4n) is 5.36. The number of halogens is 1. The number of amides is 2. The van der Waals surface area contributed by atoms with Crippen molar-refractivity contribution in [1.29, 1.82) is 0 Å². The van der Waals surface area contributed by atoms with Gasteiger partial charge in [-0.3, -0.25) is 9.59 Å². The maximum absolute atomic E-state index is 13.7. The van der Waals surface area contributed by atoms with E-state index in [1.807, 2.05) is 60.4 Å². The highest BCUT2D eigenvalue weighted by molar-refractivity contribution is 5.92. The lowest BCUT2D eigenvalue weighted by Gasteiger charge is -2.42. The third-order valence-electron chi connectivity index (χ3n) is 7.47. The molecule has 0 saturated carbocycles. The molecule has 0 radical (unpaired) electrons. The van der Waals surface area contributed by atoms with E-state index in [4.69, 9.17) is 5.73 Å². The highest BCUT2D eigenvalue weighted by Crippen LogP contribution is 2.50. The molecule has 1 heterocycles. The summed E-state index contributed by atoms with van der Waals surface area (Å²) < 4.78 is 0. The summed E-state index contributed by atoms with van der Waals surface area (Å²) >= 11 is 0. The van der Waals surface area contributed by atoms with Gasteiger partial charge in [0.1, 0.15) is 6.04 Å². The molecule has 1 saturated heterocycles. The van der Waals surface area contributed by atoms with Crippen LogP contribution >= 0.6 is 12.4 Å². The van der Waals surface area contributed by atoms with Crippen molar-refractivity contribution in [2.24, 2.45) is 5.73 Å². The molecule has 1 aliphatic carbocycles. The molecule has 184 valence electrons. The number of hydrogen-bond donors (Lipinski definition) is 3. The number of nitrogens with one attached hydrogen (secondary N) is 1. The van der Waals surface area contributed by atoms with E-state index in [2.05, 4.69) is 11.4 Å². The number of fused-ring (bicyclic) bond motifs is 2. The van der Waals surface area contributed by atoms with E-state index in [0.29, 0.717) is 19.5 Å². The number of benzene rings is 2. The van der Waals surface area contributed by atoms with E-state index in [1.54, 1.807) is 13.8 Å². The van der Waals surface area contributed by atoms with Gasteiger partial charge in [-0.15, -0.1) is 12.4 Å². The molecule has 2 aromatic carbocycles. The molecule has 4 rings (SSSR count). The van der Waals surface area contributed by atoms with Gasteiger partial charge in [-0.1, -0.05) is 61.5 Å². The molecule has 7 heteroatoms. The van der Waals surface area contributed by atoms with Gasteiger partial charge in [0.05, 0.1) is 11.6 Å². The van der Waals surface area contributed by atoms with Crippen molar-refractivity contribution in [3.8, 4) is 0 Å². The van der Waals surface area contributed by atoms with Gasteiger partial charge >= 0.3 is 0 Å². The number of nitrogens with zero attached hydrogens (tertiary/aromatic N) is 1. The average Bonchev–Trinajstić information content (AvgIpc) is 3.08. The molecule has 2 aliphatic rings. The quantitative estimate of drug-likeness (QED) is 0.604. The van der Waals surface area contributed by atoms with E-state index >= 15 is 0 Å². The van der Waals surface area contributed by atoms with Gasteiger partial charge in [-0.2, -0.15) is 0 Å². The Kier molecular flexibility index (Phi) is 7.75. The van der Waals surface area contributed by atoms with Gasteiger partial charge in [0.15, 0.2) is 0 Å². The number of carbonyl (C=O) groups is 2. The number of piperidine rings is 1. The van der Waals surface area contributed by atoms with Crippen LogP contribution in [-0.2, 0) is 15.0 Å². The van der Waals surface area contributed by atoms with Gasteiger partial charge in [-0.05, 0) is 49.8 Å². The normalized spacial score (nSPS) is 20.7. The third kappa shape index (κ3) is 4.99. The molecule has 0 aromatic heterocycles. The number of hydrogen-bond acceptors (Lipinski definition) is 4. The lowest BCUT2D eigenvalue weighted by atomic mass is 9.73. The van der Waals surface area contributed by atoms with Crippen LogP contribution in [0, 0.1) is 0 Å². The summed E-state index contributed by atoms with van der Waals surface area (Å²) in [5.41, 5.74) is 8.09. The number of aliphatic hydroxyl groups is 1. The van der Waals surface area contributed by atoms with Crippen molar-refractivity contribution in [3.05, 3.63) is 71.3 Å². The Morgan fingerprint density at radius 1 is 1.09 bits per heavy atom. The zero-order valence-electron chi connectivity index (χ0n) is 20.2. The van der Waals surface area contributed by atoms with Crippen molar-refractivity contribution in [2.75, 3.05) is 13.1 Å². The summed E-state index contributed by atoms with van der Waals surface area (Å²) in [7, 11) is 0. The second-order valence-corrected chi connectivity index (χ2v) is 10.3. The van der Waals surface area contributed by atoms with Crippen LogP contribution in [0.2, 0.25) is 0 Å². The van der Waals surface area contributed by atoms with Crippen LogP contribution in [0.15, 0.2) is 54.6 Å². The number of nitrogens with two attached hydrogens (primary N) is 1. The zero-order chi connectivity index (χ0) is 23.8. The molecule has 1 spiro atoms. The predicted molar refractivity (Wildman–Crippen MR) is 136 cm³/mol. The smallest absolute Gasteiger partial charge is 0.245 e. The fraction of sp³-hybridized carbons (Fsp3) is 0.481. The van der Waals surface area contributed by atoms with Crippen molar-refractivity contribution >= 4 is 24.2 Å². The third-order valence-corrected chi connectivity index (χ3v) is 7.47. The largest absolute Gasteiger partial charge is 0.388 e. The van der Waals surface area contributed by atoms with E-state index < -0.39 is 17.7 Å². The number of likely N-dealkylation sites (tertiary alicyclic amines) is 1. The Morgan fingerprint density at radius 3 is 2.29 bits per heavy atom. The molecule has 1 unspecified atom stereocenters. The second-order valence-electron chi connectivity index (χ2n) is 10.3. The second kappa shape index (κ2) is 10.1. The topological polar surface area (TPSA) is 95.7 Å². The summed E-state index contributed by atoms with van der Waals surface area (Å²) in [6.07, 6.45) is 1.86. The Bertz CT molecular complexity index is 1010. The van der Waals surface area contributed by atoms with Gasteiger partial charge in [-0.25, -0.2) is 0 Å². The van der Waals surface area contributed by atoms with E-state index in [9.17, 15) is 14.7 Å². The van der Waals surface area contributed by atoms with Crippen LogP contribution in [0.25, 0.3) is 0 Å². The SMILES string of the molecule is C[C@@H](c1ccccc1)[C@@H](NC(=O)C(C)(C)N)C(=O)N1CCC2(CC1)CC(O)c1ccccc12.Cl. The van der Waals surface area contributed by atoms with Crippen molar-refractivity contribution in [2.45, 2.75) is 69.1 Å². The summed E-state index contributed by atoms with van der Waals surface area (Å²) in [5, 5.41) is 13.5. The minimum absolute atomic E-state index is 0. The molecule has 3 atom stereocenters. The maximum atomic E-state index is 13.7. The van der Waals surface area contributed by atoms with Crippen molar-refractivity contribution < 1.29 is 14.7 Å². The van der Waals surface area contributed by atoms with Crippen LogP contribution in [0.3, 0.4) is 0 Å². The molecule has 1 fully saturated rings. The molecule has 6 nitrogen and oxygen atoms in total. The molecule has 2 aromatic rings. The predicted octanol–water partition coefficient (Wildman–Crippen LogP) is 3.43. The monoisotopic (exact) mass is 485 g/mol. The molecule has 1 aliphatic heterocycles. The molecule has 4 N–H and O–H groups in total. The van der Waals surface area contributed by atoms with Crippen LogP contribution < -0.4 is 11.1 Å². The molecule has 0 bridgehead atoms. The first-order chi connectivity index (χ1) is 15.6. The Morgan fingerprint density at radius 2 is 1.68 bits per heavy atom. The number of aliphatic hydroxyl groups excluding tert-OH is 1. The zero-order valence-corrected chi connectivity index (χ0v) is 21.0. The highest BCUT2D eigenvalue weighted by atomic mass is 35.5. The number of rotatable bonds is 5. The van der Waals surface area contributed by atoms with Gasteiger partial charge in [0.25, 0.3) is 0 Å². The maximum Gasteiger partial charge on any atom is 0.245 e. The summed E-state index contributed by atoms with van der Waals surface area (Å²) in [6.45, 7) is 6.45. The number of carbonyl (C=O) groups excluding carboxylic acids is 2. The lowest BCUT2D eigenvalue weighted by molar-refractivity contribution is -0.139. The first-order valence-corrected chi connectivity index (χ1v) is 11.8. The standard InChI is InChI=1S/C27H35N3O3.ClH/c1-18(19-9-5-4-6-10-19)23(29-25(33)26(2,3)28)24(32)30-15-13-27(14-16-30)17-22(31)20-11-7-8-12-21(20)27;/h4-12,18,22-23,31H,13-17,28H2,1-3H3,(H,29,33);1H/t18-,22?,23+;/m0./s1. The van der Waals surface area contributed by atoms with Crippen molar-refractivity contribution in [1.82, 2.24) is 10.2 Å². The van der Waals surface area contributed by atoms with Crippen LogP contribution in [0.1, 0.15) is 68.7 Å². The minimum atomic E-state index is -1.08. The van der Waals surface area contributed by atoms with Crippen LogP contribution in [0.4, 0.5) is 0 Å². The van der Waals surface area contributed by atoms with E-state index in [-0.39, 0.29) is 35.6 Å². The Balaban J connectivity index is 0.00000324. The first-order valence-electron chi connectivity index (χ1n) is 11.8.